The third kappa shape index (κ3) is 2.18. The van der Waals surface area contributed by atoms with Crippen molar-refractivity contribution in [3.63, 3.8) is 0 Å². The van der Waals surface area contributed by atoms with E-state index in [0.29, 0.717) is 0 Å². The second kappa shape index (κ2) is 4.91. The molecule has 4 unspecified atom stereocenters. The Kier molecular flexibility index (Phi) is 3.69. The summed E-state index contributed by atoms with van der Waals surface area (Å²) < 4.78 is 11.8. The Morgan fingerprint density at radius 2 is 2.41 bits per heavy atom. The van der Waals surface area contributed by atoms with E-state index in [4.69, 9.17) is 9.47 Å². The summed E-state index contributed by atoms with van der Waals surface area (Å²) >= 11 is 0. The van der Waals surface area contributed by atoms with Crippen molar-refractivity contribution in [3.8, 4) is 0 Å². The fourth-order valence-corrected chi connectivity index (χ4v) is 2.87. The highest BCUT2D eigenvalue weighted by Gasteiger charge is 2.55. The maximum atomic E-state index is 11.7. The van der Waals surface area contributed by atoms with Gasteiger partial charge in [-0.2, -0.15) is 0 Å². The lowest BCUT2D eigenvalue weighted by atomic mass is 9.77. The average molecular weight is 238 g/mol. The molecular formula is C14H22O3. The van der Waals surface area contributed by atoms with E-state index < -0.39 is 5.60 Å². The molecule has 0 amide bonds. The molecule has 2 rings (SSSR count). The molecule has 2 bridgehead atoms. The smallest absolute Gasteiger partial charge is 0.136 e. The molecule has 96 valence electrons. The van der Waals surface area contributed by atoms with E-state index in [1.54, 1.807) is 6.92 Å². The van der Waals surface area contributed by atoms with Gasteiger partial charge in [-0.3, -0.25) is 4.79 Å². The first kappa shape index (κ1) is 12.8. The Morgan fingerprint density at radius 3 is 3.00 bits per heavy atom. The van der Waals surface area contributed by atoms with Gasteiger partial charge in [0, 0.05) is 6.61 Å². The van der Waals surface area contributed by atoms with E-state index in [2.05, 4.69) is 13.0 Å². The number of carbonyl (C=O) groups is 1. The first-order valence-electron chi connectivity index (χ1n) is 6.59. The van der Waals surface area contributed by atoms with Crippen molar-refractivity contribution in [1.82, 2.24) is 0 Å². The minimum absolute atomic E-state index is 0.0332. The summed E-state index contributed by atoms with van der Waals surface area (Å²) in [6.45, 7) is 6.56. The SMILES string of the molecule is CCCCOC(C)C12C=CC(CC1C(C)=O)O2. The van der Waals surface area contributed by atoms with E-state index in [-0.39, 0.29) is 23.9 Å². The van der Waals surface area contributed by atoms with E-state index >= 15 is 0 Å². The molecule has 2 heterocycles. The molecule has 0 saturated carbocycles. The van der Waals surface area contributed by atoms with Gasteiger partial charge in [-0.15, -0.1) is 0 Å². The van der Waals surface area contributed by atoms with Crippen molar-refractivity contribution in [3.05, 3.63) is 12.2 Å². The maximum absolute atomic E-state index is 11.7. The maximum Gasteiger partial charge on any atom is 0.136 e. The quantitative estimate of drug-likeness (QED) is 0.527. The van der Waals surface area contributed by atoms with Gasteiger partial charge in [0.1, 0.15) is 11.4 Å². The number of hydrogen-bond acceptors (Lipinski definition) is 3. The summed E-state index contributed by atoms with van der Waals surface area (Å²) in [7, 11) is 0. The lowest BCUT2D eigenvalue weighted by Gasteiger charge is -2.34. The van der Waals surface area contributed by atoms with Crippen LogP contribution in [-0.4, -0.2) is 30.2 Å². The molecule has 1 saturated heterocycles. The Hall–Kier alpha value is -0.670. The van der Waals surface area contributed by atoms with Gasteiger partial charge in [-0.25, -0.2) is 0 Å². The molecule has 0 aromatic rings. The predicted molar refractivity (Wildman–Crippen MR) is 65.9 cm³/mol. The second-order valence-electron chi connectivity index (χ2n) is 5.13. The molecule has 3 heteroatoms. The largest absolute Gasteiger partial charge is 0.375 e. The standard InChI is InChI=1S/C14H22O3/c1-4-5-8-16-11(3)14-7-6-12(17-14)9-13(14)10(2)15/h6-7,11-13H,4-5,8-9H2,1-3H3. The first-order valence-corrected chi connectivity index (χ1v) is 6.59. The summed E-state index contributed by atoms with van der Waals surface area (Å²) in [5, 5.41) is 0. The number of rotatable bonds is 6. The van der Waals surface area contributed by atoms with Gasteiger partial charge in [-0.05, 0) is 26.7 Å². The molecule has 4 atom stereocenters. The average Bonchev–Trinajstić information content (AvgIpc) is 2.87. The van der Waals surface area contributed by atoms with Crippen molar-refractivity contribution in [1.29, 1.82) is 0 Å². The second-order valence-corrected chi connectivity index (χ2v) is 5.13. The molecule has 0 radical (unpaired) electrons. The molecule has 0 aromatic carbocycles. The van der Waals surface area contributed by atoms with Crippen LogP contribution in [0.25, 0.3) is 0 Å². The minimum atomic E-state index is -0.496. The van der Waals surface area contributed by atoms with Crippen molar-refractivity contribution in [2.24, 2.45) is 5.92 Å². The fraction of sp³-hybridized carbons (Fsp3) is 0.786. The topological polar surface area (TPSA) is 35.5 Å². The van der Waals surface area contributed by atoms with Crippen molar-refractivity contribution in [2.75, 3.05) is 6.61 Å². The van der Waals surface area contributed by atoms with Gasteiger partial charge in [-0.1, -0.05) is 25.5 Å². The number of unbranched alkanes of at least 4 members (excludes halogenated alkanes) is 1. The van der Waals surface area contributed by atoms with Crippen LogP contribution in [0.2, 0.25) is 0 Å². The third-order valence-electron chi connectivity index (χ3n) is 3.93. The molecule has 1 fully saturated rings. The summed E-state index contributed by atoms with van der Waals surface area (Å²) in [5.41, 5.74) is -0.496. The molecular weight excluding hydrogens is 216 g/mol. The number of ketones is 1. The number of fused-ring (bicyclic) bond motifs is 2. The number of hydrogen-bond donors (Lipinski definition) is 0. The number of Topliss-reactive ketones (excluding diaryl/α,β-unsaturated/α-hetero) is 1. The van der Waals surface area contributed by atoms with Crippen molar-refractivity contribution >= 4 is 5.78 Å². The molecule has 2 aliphatic rings. The van der Waals surface area contributed by atoms with E-state index in [1.807, 2.05) is 13.0 Å². The Balaban J connectivity index is 2.05. The number of ether oxygens (including phenoxy) is 2. The van der Waals surface area contributed by atoms with Gasteiger partial charge in [0.25, 0.3) is 0 Å². The van der Waals surface area contributed by atoms with Crippen molar-refractivity contribution < 1.29 is 14.3 Å². The monoisotopic (exact) mass is 238 g/mol. The Labute approximate surface area is 103 Å². The van der Waals surface area contributed by atoms with Gasteiger partial charge in [0.15, 0.2) is 0 Å². The zero-order chi connectivity index (χ0) is 12.5. The van der Waals surface area contributed by atoms with Gasteiger partial charge < -0.3 is 9.47 Å². The lowest BCUT2D eigenvalue weighted by Crippen LogP contribution is -2.47. The van der Waals surface area contributed by atoms with Crippen LogP contribution in [0.15, 0.2) is 12.2 Å². The molecule has 0 spiro atoms. The molecule has 0 N–H and O–H groups in total. The predicted octanol–water partition coefficient (Wildman–Crippen LogP) is 2.49. The minimum Gasteiger partial charge on any atom is -0.375 e. The highest BCUT2D eigenvalue weighted by Crippen LogP contribution is 2.46. The lowest BCUT2D eigenvalue weighted by molar-refractivity contribution is -0.135. The van der Waals surface area contributed by atoms with Crippen molar-refractivity contribution in [2.45, 2.75) is 57.8 Å². The van der Waals surface area contributed by atoms with Crippen LogP contribution in [-0.2, 0) is 14.3 Å². The van der Waals surface area contributed by atoms with Crippen LogP contribution >= 0.6 is 0 Å². The van der Waals surface area contributed by atoms with Gasteiger partial charge in [0.05, 0.1) is 18.1 Å². The van der Waals surface area contributed by atoms with Crippen LogP contribution in [0.5, 0.6) is 0 Å². The summed E-state index contributed by atoms with van der Waals surface area (Å²) in [6.07, 6.45) is 7.16. The molecule has 0 aromatic heterocycles. The highest BCUT2D eigenvalue weighted by molar-refractivity contribution is 5.81. The molecule has 17 heavy (non-hydrogen) atoms. The zero-order valence-corrected chi connectivity index (χ0v) is 10.9. The van der Waals surface area contributed by atoms with Crippen LogP contribution in [0.1, 0.15) is 40.0 Å². The summed E-state index contributed by atoms with van der Waals surface area (Å²) in [6, 6.07) is 0. The van der Waals surface area contributed by atoms with E-state index in [1.165, 1.54) is 0 Å². The molecule has 2 aliphatic heterocycles. The van der Waals surface area contributed by atoms with Crippen LogP contribution < -0.4 is 0 Å². The summed E-state index contributed by atoms with van der Waals surface area (Å²) in [4.78, 5) is 11.7. The van der Waals surface area contributed by atoms with E-state index in [9.17, 15) is 4.79 Å². The van der Waals surface area contributed by atoms with Crippen LogP contribution in [0.3, 0.4) is 0 Å². The highest BCUT2D eigenvalue weighted by atomic mass is 16.6. The third-order valence-corrected chi connectivity index (χ3v) is 3.93. The Bertz CT molecular complexity index is 323. The van der Waals surface area contributed by atoms with E-state index in [0.717, 1.165) is 25.9 Å². The molecule has 0 aliphatic carbocycles. The molecule has 3 nitrogen and oxygen atoms in total. The normalized spacial score (nSPS) is 36.4. The fourth-order valence-electron chi connectivity index (χ4n) is 2.87. The van der Waals surface area contributed by atoms with Crippen LogP contribution in [0, 0.1) is 5.92 Å². The zero-order valence-electron chi connectivity index (χ0n) is 10.9. The first-order chi connectivity index (χ1) is 8.10. The van der Waals surface area contributed by atoms with Gasteiger partial charge >= 0.3 is 0 Å². The summed E-state index contributed by atoms with van der Waals surface area (Å²) in [5.74, 6) is 0.178. The van der Waals surface area contributed by atoms with Gasteiger partial charge in [0.2, 0.25) is 0 Å². The Morgan fingerprint density at radius 1 is 1.65 bits per heavy atom. The van der Waals surface area contributed by atoms with Crippen LogP contribution in [0.4, 0.5) is 0 Å². The number of carbonyl (C=O) groups excluding carboxylic acids is 1.